The number of hydrogen-bond acceptors (Lipinski definition) is 4. The fraction of sp³-hybridized carbons (Fsp3) is 1.00. The quantitative estimate of drug-likeness (QED) is 0.723. The zero-order valence-electron chi connectivity index (χ0n) is 12.7. The summed E-state index contributed by atoms with van der Waals surface area (Å²) in [6, 6.07) is 0. The molecule has 1 aliphatic carbocycles. The van der Waals surface area contributed by atoms with E-state index in [1.54, 1.807) is 0 Å². The summed E-state index contributed by atoms with van der Waals surface area (Å²) in [7, 11) is 2.19. The molecule has 2 fully saturated rings. The molecule has 0 amide bonds. The summed E-state index contributed by atoms with van der Waals surface area (Å²) in [4.78, 5) is 4.90. The van der Waals surface area contributed by atoms with Gasteiger partial charge >= 0.3 is 0 Å². The SMILES string of the molecule is CC1CCCC(O)(CNCCN2CCN(C)CC2)C1. The lowest BCUT2D eigenvalue weighted by Gasteiger charge is -2.36. The van der Waals surface area contributed by atoms with Crippen molar-refractivity contribution in [2.24, 2.45) is 5.92 Å². The van der Waals surface area contributed by atoms with E-state index >= 15 is 0 Å². The smallest absolute Gasteiger partial charge is 0.0774 e. The summed E-state index contributed by atoms with van der Waals surface area (Å²) in [6.45, 7) is 9.86. The Hall–Kier alpha value is -0.160. The third kappa shape index (κ3) is 5.03. The van der Waals surface area contributed by atoms with E-state index < -0.39 is 5.60 Å². The topological polar surface area (TPSA) is 38.7 Å². The van der Waals surface area contributed by atoms with E-state index in [1.165, 1.54) is 39.0 Å². The molecule has 1 heterocycles. The van der Waals surface area contributed by atoms with E-state index in [4.69, 9.17) is 0 Å². The van der Waals surface area contributed by atoms with Crippen LogP contribution in [0.1, 0.15) is 32.6 Å². The van der Waals surface area contributed by atoms with Gasteiger partial charge in [-0.2, -0.15) is 0 Å². The molecule has 0 spiro atoms. The van der Waals surface area contributed by atoms with Gasteiger partial charge in [-0.25, -0.2) is 0 Å². The van der Waals surface area contributed by atoms with Crippen LogP contribution in [0.15, 0.2) is 0 Å². The van der Waals surface area contributed by atoms with Gasteiger partial charge in [0, 0.05) is 45.8 Å². The maximum Gasteiger partial charge on any atom is 0.0774 e. The molecule has 2 N–H and O–H groups in total. The maximum absolute atomic E-state index is 10.5. The molecule has 112 valence electrons. The van der Waals surface area contributed by atoms with Gasteiger partial charge in [0.2, 0.25) is 0 Å². The first-order valence-electron chi connectivity index (χ1n) is 7.91. The first-order chi connectivity index (χ1) is 9.07. The average molecular weight is 269 g/mol. The number of nitrogens with zero attached hydrogens (tertiary/aromatic N) is 2. The largest absolute Gasteiger partial charge is 0.389 e. The number of hydrogen-bond donors (Lipinski definition) is 2. The van der Waals surface area contributed by atoms with E-state index in [9.17, 15) is 5.11 Å². The van der Waals surface area contributed by atoms with Crippen LogP contribution >= 0.6 is 0 Å². The normalized spacial score (nSPS) is 34.6. The highest BCUT2D eigenvalue weighted by Gasteiger charge is 2.31. The Bertz CT molecular complexity index is 266. The monoisotopic (exact) mass is 269 g/mol. The Balaban J connectivity index is 1.58. The zero-order chi connectivity index (χ0) is 13.7. The van der Waals surface area contributed by atoms with Gasteiger partial charge in [0.05, 0.1) is 5.60 Å². The molecule has 2 unspecified atom stereocenters. The van der Waals surface area contributed by atoms with Gasteiger partial charge in [-0.15, -0.1) is 0 Å². The van der Waals surface area contributed by atoms with Crippen LogP contribution in [0, 0.1) is 5.92 Å². The van der Waals surface area contributed by atoms with E-state index in [1.807, 2.05) is 0 Å². The number of nitrogens with one attached hydrogen (secondary N) is 1. The Morgan fingerprint density at radius 1 is 1.26 bits per heavy atom. The summed E-state index contributed by atoms with van der Waals surface area (Å²) in [6.07, 6.45) is 4.40. The second kappa shape index (κ2) is 7.02. The molecule has 4 heteroatoms. The summed E-state index contributed by atoms with van der Waals surface area (Å²) in [5.74, 6) is 0.679. The third-order valence-electron chi connectivity index (χ3n) is 4.72. The van der Waals surface area contributed by atoms with Crippen molar-refractivity contribution in [3.05, 3.63) is 0 Å². The number of likely N-dealkylation sites (N-methyl/N-ethyl adjacent to an activating group) is 1. The van der Waals surface area contributed by atoms with E-state index in [0.29, 0.717) is 5.92 Å². The predicted octanol–water partition coefficient (Wildman–Crippen LogP) is 0.765. The minimum Gasteiger partial charge on any atom is -0.389 e. The summed E-state index contributed by atoms with van der Waals surface area (Å²) >= 11 is 0. The first kappa shape index (κ1) is 15.2. The molecule has 0 aromatic rings. The number of rotatable bonds is 5. The molecule has 4 nitrogen and oxygen atoms in total. The number of piperazine rings is 1. The zero-order valence-corrected chi connectivity index (χ0v) is 12.7. The predicted molar refractivity (Wildman–Crippen MR) is 79.4 cm³/mol. The standard InChI is InChI=1S/C15H31N3O/c1-14-4-3-5-15(19,12-14)13-16-6-7-18-10-8-17(2)9-11-18/h14,16,19H,3-13H2,1-2H3. The lowest BCUT2D eigenvalue weighted by Crippen LogP contribution is -2.48. The van der Waals surface area contributed by atoms with E-state index in [-0.39, 0.29) is 0 Å². The highest BCUT2D eigenvalue weighted by Crippen LogP contribution is 2.31. The van der Waals surface area contributed by atoms with Crippen LogP contribution < -0.4 is 5.32 Å². The lowest BCUT2D eigenvalue weighted by molar-refractivity contribution is -0.0120. The van der Waals surface area contributed by atoms with Gasteiger partial charge in [-0.3, -0.25) is 4.90 Å². The van der Waals surface area contributed by atoms with Crippen LogP contribution in [0.25, 0.3) is 0 Å². The van der Waals surface area contributed by atoms with Crippen molar-refractivity contribution in [1.29, 1.82) is 0 Å². The van der Waals surface area contributed by atoms with E-state index in [2.05, 4.69) is 29.1 Å². The molecule has 1 saturated carbocycles. The second-order valence-corrected chi connectivity index (χ2v) is 6.75. The summed E-state index contributed by atoms with van der Waals surface area (Å²) in [5.41, 5.74) is -0.445. The third-order valence-corrected chi connectivity index (χ3v) is 4.72. The Morgan fingerprint density at radius 3 is 2.68 bits per heavy atom. The van der Waals surface area contributed by atoms with Crippen molar-refractivity contribution in [3.63, 3.8) is 0 Å². The minimum atomic E-state index is -0.445. The maximum atomic E-state index is 10.5. The molecule has 0 radical (unpaired) electrons. The van der Waals surface area contributed by atoms with Crippen LogP contribution in [-0.4, -0.2) is 73.4 Å². The fourth-order valence-corrected chi connectivity index (χ4v) is 3.42. The van der Waals surface area contributed by atoms with Crippen molar-refractivity contribution < 1.29 is 5.11 Å². The molecule has 1 aliphatic heterocycles. The lowest BCUT2D eigenvalue weighted by atomic mass is 9.79. The molecular formula is C15H31N3O. The van der Waals surface area contributed by atoms with Gasteiger partial charge in [-0.1, -0.05) is 19.8 Å². The van der Waals surface area contributed by atoms with Crippen LogP contribution in [0.5, 0.6) is 0 Å². The van der Waals surface area contributed by atoms with Crippen molar-refractivity contribution in [2.75, 3.05) is 52.9 Å². The van der Waals surface area contributed by atoms with Gasteiger partial charge in [0.15, 0.2) is 0 Å². The van der Waals surface area contributed by atoms with Gasteiger partial charge in [-0.05, 0) is 25.8 Å². The molecule has 2 atom stereocenters. The molecule has 1 saturated heterocycles. The molecule has 0 aromatic heterocycles. The Labute approximate surface area is 118 Å². The fourth-order valence-electron chi connectivity index (χ4n) is 3.42. The molecule has 2 aliphatic rings. The Morgan fingerprint density at radius 2 is 2.00 bits per heavy atom. The van der Waals surface area contributed by atoms with Crippen LogP contribution in [0.3, 0.4) is 0 Å². The first-order valence-corrected chi connectivity index (χ1v) is 7.91. The van der Waals surface area contributed by atoms with Crippen molar-refractivity contribution in [3.8, 4) is 0 Å². The summed E-state index contributed by atoms with van der Waals surface area (Å²) < 4.78 is 0. The molecule has 2 rings (SSSR count). The Kier molecular flexibility index (Phi) is 5.63. The van der Waals surface area contributed by atoms with Gasteiger partial charge in [0.25, 0.3) is 0 Å². The average Bonchev–Trinajstić information content (AvgIpc) is 2.36. The minimum absolute atomic E-state index is 0.445. The molecule has 0 aromatic carbocycles. The molecule has 19 heavy (non-hydrogen) atoms. The van der Waals surface area contributed by atoms with Crippen LogP contribution in [-0.2, 0) is 0 Å². The van der Waals surface area contributed by atoms with Crippen LogP contribution in [0.4, 0.5) is 0 Å². The van der Waals surface area contributed by atoms with Crippen molar-refractivity contribution in [1.82, 2.24) is 15.1 Å². The highest BCUT2D eigenvalue weighted by atomic mass is 16.3. The number of aliphatic hydroxyl groups is 1. The van der Waals surface area contributed by atoms with E-state index in [0.717, 1.165) is 32.5 Å². The summed E-state index contributed by atoms with van der Waals surface area (Å²) in [5, 5.41) is 14.0. The highest BCUT2D eigenvalue weighted by molar-refractivity contribution is 4.87. The molecule has 0 bridgehead atoms. The van der Waals surface area contributed by atoms with Gasteiger partial charge < -0.3 is 15.3 Å². The molecular weight excluding hydrogens is 238 g/mol. The van der Waals surface area contributed by atoms with Crippen LogP contribution in [0.2, 0.25) is 0 Å². The van der Waals surface area contributed by atoms with Crippen molar-refractivity contribution in [2.45, 2.75) is 38.2 Å². The van der Waals surface area contributed by atoms with Gasteiger partial charge in [0.1, 0.15) is 0 Å². The second-order valence-electron chi connectivity index (χ2n) is 6.75. The van der Waals surface area contributed by atoms with Crippen molar-refractivity contribution >= 4 is 0 Å².